The second-order valence-electron chi connectivity index (χ2n) is 7.59. The van der Waals surface area contributed by atoms with E-state index < -0.39 is 6.09 Å². The summed E-state index contributed by atoms with van der Waals surface area (Å²) in [5, 5.41) is 17.4. The molecule has 4 rings (SSSR count). The summed E-state index contributed by atoms with van der Waals surface area (Å²) in [5.41, 5.74) is 2.83. The summed E-state index contributed by atoms with van der Waals surface area (Å²) in [6.45, 7) is 5.58. The maximum atomic E-state index is 12.6. The second kappa shape index (κ2) is 9.29. The van der Waals surface area contributed by atoms with Gasteiger partial charge in [-0.15, -0.1) is 22.7 Å². The average Bonchev–Trinajstić information content (AvgIpc) is 3.33. The standard InChI is InChI=1S/C21H25N5O3S2/c1-3-12(2)23-8-5-17(27)25-20-18(19-24-14-10-22-7-4-15(14)30-19)13-6-9-26(21(28)29)11-16(13)31-20/h4,7,10,12,23H,3,5-6,8-9,11H2,1-2H3,(H,25,27)(H,28,29)/t12-/m1/s1. The molecule has 0 spiro atoms. The predicted octanol–water partition coefficient (Wildman–Crippen LogP) is 4.17. The highest BCUT2D eigenvalue weighted by Gasteiger charge is 2.29. The topological polar surface area (TPSA) is 107 Å². The van der Waals surface area contributed by atoms with Gasteiger partial charge >= 0.3 is 6.09 Å². The minimum atomic E-state index is -0.923. The third-order valence-corrected chi connectivity index (χ3v) is 7.63. The number of amides is 2. The Balaban J connectivity index is 1.64. The first-order valence-electron chi connectivity index (χ1n) is 10.3. The van der Waals surface area contributed by atoms with E-state index in [0.717, 1.165) is 42.7 Å². The molecule has 164 valence electrons. The molecule has 0 bridgehead atoms. The largest absolute Gasteiger partial charge is 0.465 e. The van der Waals surface area contributed by atoms with E-state index in [-0.39, 0.29) is 5.91 Å². The molecular formula is C21H25N5O3S2. The van der Waals surface area contributed by atoms with Crippen molar-refractivity contribution in [3.05, 3.63) is 28.9 Å². The lowest BCUT2D eigenvalue weighted by Gasteiger charge is -2.24. The molecular weight excluding hydrogens is 434 g/mol. The predicted molar refractivity (Wildman–Crippen MR) is 124 cm³/mol. The number of nitrogens with zero attached hydrogens (tertiary/aromatic N) is 3. The van der Waals surface area contributed by atoms with E-state index in [4.69, 9.17) is 4.98 Å². The van der Waals surface area contributed by atoms with Crippen molar-refractivity contribution in [2.45, 2.75) is 45.7 Å². The lowest BCUT2D eigenvalue weighted by Crippen LogP contribution is -2.34. The molecule has 0 unspecified atom stereocenters. The Hall–Kier alpha value is -2.56. The number of anilines is 1. The van der Waals surface area contributed by atoms with Crippen LogP contribution in [-0.4, -0.2) is 51.1 Å². The molecule has 1 aliphatic heterocycles. The van der Waals surface area contributed by atoms with E-state index in [1.165, 1.54) is 16.2 Å². The summed E-state index contributed by atoms with van der Waals surface area (Å²) in [5.74, 6) is -0.0616. The molecule has 0 radical (unpaired) electrons. The van der Waals surface area contributed by atoms with Crippen molar-refractivity contribution in [1.82, 2.24) is 20.2 Å². The number of nitrogens with one attached hydrogen (secondary N) is 2. The minimum Gasteiger partial charge on any atom is -0.465 e. The van der Waals surface area contributed by atoms with Crippen LogP contribution < -0.4 is 10.6 Å². The SMILES string of the molecule is CC[C@@H](C)NCCC(=O)Nc1sc2c(c1-c1nc3cnccc3s1)CCN(C(=O)O)C2. The van der Waals surface area contributed by atoms with Gasteiger partial charge in [0.05, 0.1) is 17.4 Å². The highest BCUT2D eigenvalue weighted by atomic mass is 32.1. The molecule has 0 aromatic carbocycles. The van der Waals surface area contributed by atoms with Gasteiger partial charge in [0.25, 0.3) is 0 Å². The Labute approximate surface area is 188 Å². The van der Waals surface area contributed by atoms with Crippen LogP contribution in [0.3, 0.4) is 0 Å². The molecule has 10 heteroatoms. The molecule has 2 amide bonds. The van der Waals surface area contributed by atoms with Gasteiger partial charge in [-0.2, -0.15) is 0 Å². The molecule has 0 fully saturated rings. The number of thiazole rings is 1. The minimum absolute atomic E-state index is 0.0616. The smallest absolute Gasteiger partial charge is 0.407 e. The van der Waals surface area contributed by atoms with Crippen LogP contribution in [0.15, 0.2) is 18.5 Å². The van der Waals surface area contributed by atoms with Crippen molar-refractivity contribution in [2.75, 3.05) is 18.4 Å². The van der Waals surface area contributed by atoms with Crippen molar-refractivity contribution in [3.8, 4) is 10.6 Å². The van der Waals surface area contributed by atoms with E-state index in [9.17, 15) is 14.7 Å². The number of pyridine rings is 1. The molecule has 8 nitrogen and oxygen atoms in total. The zero-order valence-electron chi connectivity index (χ0n) is 17.5. The maximum Gasteiger partial charge on any atom is 0.407 e. The van der Waals surface area contributed by atoms with E-state index in [1.54, 1.807) is 23.7 Å². The van der Waals surface area contributed by atoms with Crippen LogP contribution in [0.25, 0.3) is 20.8 Å². The van der Waals surface area contributed by atoms with Crippen molar-refractivity contribution in [1.29, 1.82) is 0 Å². The maximum absolute atomic E-state index is 12.6. The van der Waals surface area contributed by atoms with Crippen LogP contribution >= 0.6 is 22.7 Å². The third-order valence-electron chi connectivity index (χ3n) is 5.44. The lowest BCUT2D eigenvalue weighted by molar-refractivity contribution is -0.116. The third kappa shape index (κ3) is 4.70. The van der Waals surface area contributed by atoms with Crippen LogP contribution in [0, 0.1) is 0 Å². The molecule has 3 aromatic rings. The number of thiophene rings is 1. The van der Waals surface area contributed by atoms with Crippen molar-refractivity contribution in [3.63, 3.8) is 0 Å². The molecule has 1 aliphatic rings. The molecule has 4 heterocycles. The summed E-state index contributed by atoms with van der Waals surface area (Å²) >= 11 is 3.02. The molecule has 31 heavy (non-hydrogen) atoms. The summed E-state index contributed by atoms with van der Waals surface area (Å²) in [7, 11) is 0. The molecule has 0 saturated carbocycles. The van der Waals surface area contributed by atoms with Gasteiger partial charge in [0.15, 0.2) is 0 Å². The summed E-state index contributed by atoms with van der Waals surface area (Å²) in [4.78, 5) is 35.4. The van der Waals surface area contributed by atoms with E-state index in [1.807, 2.05) is 6.07 Å². The molecule has 0 aliphatic carbocycles. The Morgan fingerprint density at radius 1 is 1.35 bits per heavy atom. The lowest BCUT2D eigenvalue weighted by atomic mass is 10.0. The van der Waals surface area contributed by atoms with Gasteiger partial charge in [-0.05, 0) is 31.4 Å². The number of aromatic nitrogens is 2. The zero-order valence-corrected chi connectivity index (χ0v) is 19.1. The molecule has 0 saturated heterocycles. The number of carbonyl (C=O) groups is 2. The van der Waals surface area contributed by atoms with Gasteiger partial charge in [-0.25, -0.2) is 9.78 Å². The Kier molecular flexibility index (Phi) is 6.49. The summed E-state index contributed by atoms with van der Waals surface area (Å²) < 4.78 is 1.03. The first kappa shape index (κ1) is 21.7. The highest BCUT2D eigenvalue weighted by molar-refractivity contribution is 7.22. The molecule has 3 aromatic heterocycles. The van der Waals surface area contributed by atoms with E-state index >= 15 is 0 Å². The number of rotatable bonds is 7. The van der Waals surface area contributed by atoms with Crippen molar-refractivity contribution < 1.29 is 14.7 Å². The second-order valence-corrected chi connectivity index (χ2v) is 9.72. The fourth-order valence-electron chi connectivity index (χ4n) is 3.53. The number of hydrogen-bond donors (Lipinski definition) is 3. The molecule has 1 atom stereocenters. The van der Waals surface area contributed by atoms with Gasteiger partial charge < -0.3 is 20.6 Å². The Bertz CT molecular complexity index is 1080. The quantitative estimate of drug-likeness (QED) is 0.489. The van der Waals surface area contributed by atoms with Crippen LogP contribution in [-0.2, 0) is 17.8 Å². The normalized spacial score (nSPS) is 14.5. The molecule has 3 N–H and O–H groups in total. The van der Waals surface area contributed by atoms with Crippen LogP contribution in [0.2, 0.25) is 0 Å². The first-order valence-corrected chi connectivity index (χ1v) is 12.0. The van der Waals surface area contributed by atoms with Gasteiger partial charge in [-0.1, -0.05) is 6.92 Å². The fourth-order valence-corrected chi connectivity index (χ4v) is 5.89. The van der Waals surface area contributed by atoms with Gasteiger partial charge in [0, 0.05) is 42.2 Å². The van der Waals surface area contributed by atoms with Crippen molar-refractivity contribution in [2.24, 2.45) is 0 Å². The summed E-state index contributed by atoms with van der Waals surface area (Å²) in [6, 6.07) is 2.30. The number of carbonyl (C=O) groups excluding carboxylic acids is 1. The van der Waals surface area contributed by atoms with Crippen LogP contribution in [0.1, 0.15) is 37.1 Å². The van der Waals surface area contributed by atoms with Crippen LogP contribution in [0.5, 0.6) is 0 Å². The Morgan fingerprint density at radius 3 is 2.94 bits per heavy atom. The number of fused-ring (bicyclic) bond motifs is 2. The monoisotopic (exact) mass is 459 g/mol. The van der Waals surface area contributed by atoms with E-state index in [2.05, 4.69) is 29.5 Å². The van der Waals surface area contributed by atoms with Gasteiger partial charge in [-0.3, -0.25) is 9.78 Å². The van der Waals surface area contributed by atoms with Crippen molar-refractivity contribution >= 4 is 49.9 Å². The Morgan fingerprint density at radius 2 is 2.19 bits per heavy atom. The van der Waals surface area contributed by atoms with Gasteiger partial charge in [0.1, 0.15) is 15.5 Å². The fraction of sp³-hybridized carbons (Fsp3) is 0.429. The zero-order chi connectivity index (χ0) is 22.0. The summed E-state index contributed by atoms with van der Waals surface area (Å²) in [6.07, 6.45) is 4.54. The van der Waals surface area contributed by atoms with E-state index in [0.29, 0.717) is 38.5 Å². The van der Waals surface area contributed by atoms with Gasteiger partial charge in [0.2, 0.25) is 5.91 Å². The van der Waals surface area contributed by atoms with Crippen LogP contribution in [0.4, 0.5) is 9.80 Å². The highest BCUT2D eigenvalue weighted by Crippen LogP contribution is 2.45. The first-order chi connectivity index (χ1) is 15.0. The number of carboxylic acid groups (broad SMARTS) is 1. The number of hydrogen-bond acceptors (Lipinski definition) is 7. The average molecular weight is 460 g/mol.